The maximum atomic E-state index is 10.5. The molecule has 1 aromatic rings. The Morgan fingerprint density at radius 3 is 2.57 bits per heavy atom. The summed E-state index contributed by atoms with van der Waals surface area (Å²) in [6.45, 7) is 0. The molecule has 14 heavy (non-hydrogen) atoms. The summed E-state index contributed by atoms with van der Waals surface area (Å²) < 4.78 is 20.6. The topological polar surface area (TPSA) is 83.3 Å². The molecule has 0 aromatic heterocycles. The van der Waals surface area contributed by atoms with E-state index >= 15 is 0 Å². The molecule has 0 saturated heterocycles. The van der Waals surface area contributed by atoms with Crippen LogP contribution in [0.15, 0.2) is 24.3 Å². The van der Waals surface area contributed by atoms with Gasteiger partial charge in [-0.2, -0.15) is 0 Å². The summed E-state index contributed by atoms with van der Waals surface area (Å²) in [4.78, 5) is 10.0. The van der Waals surface area contributed by atoms with Crippen molar-refractivity contribution in [3.05, 3.63) is 39.9 Å². The zero-order valence-electron chi connectivity index (χ0n) is 7.21. The summed E-state index contributed by atoms with van der Waals surface area (Å²) in [6.07, 6.45) is 0.174. The third-order valence-electron chi connectivity index (χ3n) is 1.73. The second-order valence-electron chi connectivity index (χ2n) is 2.64. The van der Waals surface area contributed by atoms with Gasteiger partial charge in [-0.15, -0.1) is 0 Å². The van der Waals surface area contributed by atoms with Crippen molar-refractivity contribution in [3.63, 3.8) is 0 Å². The number of aryl methyl sites for hydroxylation is 1. The minimum absolute atomic E-state index is 0.0297. The molecule has 1 atom stereocenters. The minimum atomic E-state index is -2.16. The van der Waals surface area contributed by atoms with Gasteiger partial charge in [0.05, 0.1) is 4.92 Å². The fourth-order valence-electron chi connectivity index (χ4n) is 1.09. The SMILES string of the molecule is O=[N+]([O-])c1ccccc1CCS(=O)[O-]. The van der Waals surface area contributed by atoms with Gasteiger partial charge in [0, 0.05) is 17.4 Å². The molecule has 0 bridgehead atoms. The number of hydrogen-bond donors (Lipinski definition) is 0. The van der Waals surface area contributed by atoms with Crippen molar-refractivity contribution in [3.8, 4) is 0 Å². The van der Waals surface area contributed by atoms with E-state index in [1.165, 1.54) is 6.07 Å². The van der Waals surface area contributed by atoms with Crippen LogP contribution in [0.25, 0.3) is 0 Å². The van der Waals surface area contributed by atoms with E-state index in [0.29, 0.717) is 5.56 Å². The second-order valence-corrected chi connectivity index (χ2v) is 3.66. The monoisotopic (exact) mass is 214 g/mol. The average Bonchev–Trinajstić information content (AvgIpc) is 2.15. The molecule has 5 nitrogen and oxygen atoms in total. The average molecular weight is 214 g/mol. The zero-order chi connectivity index (χ0) is 10.6. The summed E-state index contributed by atoms with van der Waals surface area (Å²) in [5.41, 5.74) is 0.416. The van der Waals surface area contributed by atoms with Crippen molar-refractivity contribution in [1.29, 1.82) is 0 Å². The van der Waals surface area contributed by atoms with Gasteiger partial charge in [0.1, 0.15) is 0 Å². The Bertz CT molecular complexity index is 366. The van der Waals surface area contributed by atoms with Crippen LogP contribution >= 0.6 is 0 Å². The number of rotatable bonds is 4. The molecular weight excluding hydrogens is 206 g/mol. The molecule has 0 N–H and O–H groups in total. The van der Waals surface area contributed by atoms with Crippen LogP contribution in [-0.4, -0.2) is 19.4 Å². The minimum Gasteiger partial charge on any atom is -0.772 e. The molecule has 1 aromatic carbocycles. The van der Waals surface area contributed by atoms with Crippen molar-refractivity contribution in [1.82, 2.24) is 0 Å². The smallest absolute Gasteiger partial charge is 0.272 e. The van der Waals surface area contributed by atoms with Crippen molar-refractivity contribution in [2.24, 2.45) is 0 Å². The summed E-state index contributed by atoms with van der Waals surface area (Å²) in [6, 6.07) is 6.12. The van der Waals surface area contributed by atoms with Gasteiger partial charge in [0.15, 0.2) is 0 Å². The van der Waals surface area contributed by atoms with Gasteiger partial charge in [-0.25, -0.2) is 0 Å². The second kappa shape index (κ2) is 4.83. The van der Waals surface area contributed by atoms with Gasteiger partial charge >= 0.3 is 0 Å². The molecule has 0 heterocycles. The Kier molecular flexibility index (Phi) is 3.73. The van der Waals surface area contributed by atoms with Crippen molar-refractivity contribution in [2.75, 3.05) is 5.75 Å². The lowest BCUT2D eigenvalue weighted by Crippen LogP contribution is -2.02. The Balaban J connectivity index is 2.84. The van der Waals surface area contributed by atoms with Crippen LogP contribution < -0.4 is 0 Å². The third-order valence-corrected chi connectivity index (χ3v) is 2.26. The molecule has 1 unspecified atom stereocenters. The first-order chi connectivity index (χ1) is 6.61. The van der Waals surface area contributed by atoms with E-state index in [1.54, 1.807) is 18.2 Å². The molecule has 0 radical (unpaired) electrons. The lowest BCUT2D eigenvalue weighted by molar-refractivity contribution is -0.385. The zero-order valence-corrected chi connectivity index (χ0v) is 8.03. The van der Waals surface area contributed by atoms with Crippen LogP contribution in [0.3, 0.4) is 0 Å². The van der Waals surface area contributed by atoms with Gasteiger partial charge in [-0.05, 0) is 6.42 Å². The molecule has 0 spiro atoms. The maximum absolute atomic E-state index is 10.5. The maximum Gasteiger partial charge on any atom is 0.272 e. The Hall–Kier alpha value is -1.27. The van der Waals surface area contributed by atoms with Crippen LogP contribution in [0.2, 0.25) is 0 Å². The number of nitro benzene ring substituents is 1. The van der Waals surface area contributed by atoms with Crippen molar-refractivity contribution >= 4 is 16.8 Å². The first-order valence-corrected chi connectivity index (χ1v) is 5.14. The van der Waals surface area contributed by atoms with Crippen LogP contribution in [-0.2, 0) is 17.5 Å². The quantitative estimate of drug-likeness (QED) is 0.425. The van der Waals surface area contributed by atoms with E-state index in [9.17, 15) is 18.9 Å². The number of benzene rings is 1. The Morgan fingerprint density at radius 1 is 1.36 bits per heavy atom. The largest absolute Gasteiger partial charge is 0.772 e. The highest BCUT2D eigenvalue weighted by molar-refractivity contribution is 7.79. The highest BCUT2D eigenvalue weighted by Crippen LogP contribution is 2.17. The van der Waals surface area contributed by atoms with Crippen LogP contribution in [0.1, 0.15) is 5.56 Å². The predicted molar refractivity (Wildman–Crippen MR) is 50.6 cm³/mol. The molecule has 0 fully saturated rings. The Labute approximate surface area is 83.2 Å². The predicted octanol–water partition coefficient (Wildman–Crippen LogP) is 1.02. The van der Waals surface area contributed by atoms with E-state index in [1.807, 2.05) is 0 Å². The number of para-hydroxylation sites is 1. The van der Waals surface area contributed by atoms with Gasteiger partial charge in [0.25, 0.3) is 5.69 Å². The van der Waals surface area contributed by atoms with E-state index < -0.39 is 16.0 Å². The molecule has 0 amide bonds. The lowest BCUT2D eigenvalue weighted by Gasteiger charge is -2.04. The molecule has 0 aliphatic carbocycles. The summed E-state index contributed by atoms with van der Waals surface area (Å²) >= 11 is -2.16. The summed E-state index contributed by atoms with van der Waals surface area (Å²) in [5.74, 6) is -0.0924. The molecule has 0 saturated carbocycles. The highest BCUT2D eigenvalue weighted by atomic mass is 32.2. The molecule has 0 aliphatic heterocycles. The number of hydrogen-bond acceptors (Lipinski definition) is 4. The van der Waals surface area contributed by atoms with E-state index in [4.69, 9.17) is 0 Å². The van der Waals surface area contributed by atoms with Gasteiger partial charge in [-0.1, -0.05) is 29.3 Å². The first kappa shape index (κ1) is 10.8. The van der Waals surface area contributed by atoms with E-state index in [2.05, 4.69) is 0 Å². The van der Waals surface area contributed by atoms with E-state index in [-0.39, 0.29) is 17.9 Å². The molecule has 1 rings (SSSR count). The first-order valence-electron chi connectivity index (χ1n) is 3.89. The molecule has 0 aliphatic rings. The highest BCUT2D eigenvalue weighted by Gasteiger charge is 2.11. The molecule has 76 valence electrons. The fourth-order valence-corrected chi connectivity index (χ4v) is 1.48. The lowest BCUT2D eigenvalue weighted by atomic mass is 10.1. The summed E-state index contributed by atoms with van der Waals surface area (Å²) in [7, 11) is 0. The number of nitrogens with zero attached hydrogens (tertiary/aromatic N) is 1. The number of nitro groups is 1. The summed E-state index contributed by atoms with van der Waals surface area (Å²) in [5, 5.41) is 10.5. The third kappa shape index (κ3) is 2.90. The normalized spacial score (nSPS) is 12.4. The standard InChI is InChI=1S/C8H9NO4S/c10-9(11)8-4-2-1-3-7(8)5-6-14(12)13/h1-4H,5-6H2,(H,12,13)/p-1. The van der Waals surface area contributed by atoms with Crippen molar-refractivity contribution in [2.45, 2.75) is 6.42 Å². The molecule has 6 heteroatoms. The van der Waals surface area contributed by atoms with Gasteiger partial charge in [-0.3, -0.25) is 14.3 Å². The Morgan fingerprint density at radius 2 is 2.00 bits per heavy atom. The van der Waals surface area contributed by atoms with Crippen LogP contribution in [0, 0.1) is 10.1 Å². The van der Waals surface area contributed by atoms with E-state index in [0.717, 1.165) is 0 Å². The van der Waals surface area contributed by atoms with Crippen LogP contribution in [0.5, 0.6) is 0 Å². The van der Waals surface area contributed by atoms with Gasteiger partial charge < -0.3 is 4.55 Å². The fraction of sp³-hybridized carbons (Fsp3) is 0.250. The van der Waals surface area contributed by atoms with Gasteiger partial charge in [0.2, 0.25) is 0 Å². The molecular formula is C8H8NO4S-. The van der Waals surface area contributed by atoms with Crippen molar-refractivity contribution < 1.29 is 13.7 Å². The van der Waals surface area contributed by atoms with Crippen LogP contribution in [0.4, 0.5) is 5.69 Å².